The van der Waals surface area contributed by atoms with Crippen LogP contribution >= 0.6 is 12.4 Å². The van der Waals surface area contributed by atoms with E-state index < -0.39 is 0 Å². The number of benzene rings is 1. The Morgan fingerprint density at radius 3 is 2.64 bits per heavy atom. The van der Waals surface area contributed by atoms with E-state index in [1.54, 1.807) is 18.2 Å². The highest BCUT2D eigenvalue weighted by atomic mass is 35.5. The van der Waals surface area contributed by atoms with E-state index in [1.165, 1.54) is 0 Å². The van der Waals surface area contributed by atoms with Crippen LogP contribution in [0.5, 0.6) is 0 Å². The lowest BCUT2D eigenvalue weighted by atomic mass is 10.1. The maximum Gasteiger partial charge on any atom is 0.206 e. The second-order valence-electron chi connectivity index (χ2n) is 2.54. The number of hydrogen-bond donors (Lipinski definition) is 3. The Morgan fingerprint density at radius 2 is 2.00 bits per heavy atom. The van der Waals surface area contributed by atoms with Crippen LogP contribution in [0.1, 0.15) is 0 Å². The Labute approximate surface area is 86.1 Å². The number of nitrogens with one attached hydrogen (secondary N) is 1. The molecule has 5 N–H and O–H groups in total. The number of nitrogens with zero attached hydrogens (tertiary/aromatic N) is 3. The van der Waals surface area contributed by atoms with E-state index in [2.05, 4.69) is 20.6 Å². The number of nitrogen functional groups attached to an aromatic ring is 2. The third-order valence-electron chi connectivity index (χ3n) is 1.73. The molecule has 0 bridgehead atoms. The largest absolute Gasteiger partial charge is 0.397 e. The van der Waals surface area contributed by atoms with Crippen LogP contribution in [-0.2, 0) is 0 Å². The maximum atomic E-state index is 5.73. The number of tetrazole rings is 1. The molecule has 0 radical (unpaired) electrons. The fourth-order valence-corrected chi connectivity index (χ4v) is 1.05. The molecule has 0 spiro atoms. The lowest BCUT2D eigenvalue weighted by molar-refractivity contribution is 0.881. The van der Waals surface area contributed by atoms with Crippen LogP contribution in [0.3, 0.4) is 0 Å². The molecule has 0 amide bonds. The van der Waals surface area contributed by atoms with Crippen molar-refractivity contribution >= 4 is 23.8 Å². The molecule has 2 aromatic rings. The molecule has 0 aliphatic carbocycles. The van der Waals surface area contributed by atoms with Crippen LogP contribution in [0.25, 0.3) is 11.4 Å². The minimum Gasteiger partial charge on any atom is -0.397 e. The lowest BCUT2D eigenvalue weighted by Crippen LogP contribution is -1.97. The summed E-state index contributed by atoms with van der Waals surface area (Å²) in [6.07, 6.45) is 0. The summed E-state index contributed by atoms with van der Waals surface area (Å²) in [5, 5.41) is 13.4. The summed E-state index contributed by atoms with van der Waals surface area (Å²) in [6.45, 7) is 0. The highest BCUT2D eigenvalue weighted by molar-refractivity contribution is 5.85. The normalized spacial score (nSPS) is 9.43. The van der Waals surface area contributed by atoms with Crippen LogP contribution in [0.15, 0.2) is 18.2 Å². The van der Waals surface area contributed by atoms with Crippen LogP contribution in [-0.4, -0.2) is 20.6 Å². The van der Waals surface area contributed by atoms with E-state index >= 15 is 0 Å². The number of para-hydroxylation sites is 1. The zero-order valence-corrected chi connectivity index (χ0v) is 7.95. The van der Waals surface area contributed by atoms with Gasteiger partial charge in [-0.2, -0.15) is 5.21 Å². The van der Waals surface area contributed by atoms with Gasteiger partial charge in [-0.1, -0.05) is 6.07 Å². The average molecular weight is 213 g/mol. The Kier molecular flexibility index (Phi) is 2.88. The lowest BCUT2D eigenvalue weighted by Gasteiger charge is -2.02. The van der Waals surface area contributed by atoms with Gasteiger partial charge in [-0.25, -0.2) is 0 Å². The van der Waals surface area contributed by atoms with Gasteiger partial charge in [0.25, 0.3) is 0 Å². The number of hydrogen-bond acceptors (Lipinski definition) is 5. The summed E-state index contributed by atoms with van der Waals surface area (Å²) >= 11 is 0. The van der Waals surface area contributed by atoms with E-state index in [0.29, 0.717) is 22.8 Å². The molecule has 74 valence electrons. The van der Waals surface area contributed by atoms with Crippen molar-refractivity contribution in [2.75, 3.05) is 11.5 Å². The highest BCUT2D eigenvalue weighted by Crippen LogP contribution is 2.26. The Morgan fingerprint density at radius 1 is 1.21 bits per heavy atom. The molecule has 6 nitrogen and oxygen atoms in total. The topological polar surface area (TPSA) is 106 Å². The van der Waals surface area contributed by atoms with Crippen LogP contribution < -0.4 is 11.5 Å². The number of H-pyrrole nitrogens is 1. The van der Waals surface area contributed by atoms with E-state index in [-0.39, 0.29) is 12.4 Å². The summed E-state index contributed by atoms with van der Waals surface area (Å²) in [7, 11) is 0. The van der Waals surface area contributed by atoms with Crippen molar-refractivity contribution < 1.29 is 0 Å². The predicted octanol–water partition coefficient (Wildman–Crippen LogP) is 0.453. The molecule has 0 atom stereocenters. The molecular formula is C7H9ClN6. The van der Waals surface area contributed by atoms with Crippen molar-refractivity contribution in [2.45, 2.75) is 0 Å². The summed E-state index contributed by atoms with van der Waals surface area (Å²) < 4.78 is 0. The van der Waals surface area contributed by atoms with Crippen LogP contribution in [0.2, 0.25) is 0 Å². The van der Waals surface area contributed by atoms with Crippen molar-refractivity contribution in [3.63, 3.8) is 0 Å². The van der Waals surface area contributed by atoms with Gasteiger partial charge in [0.15, 0.2) is 0 Å². The molecule has 0 aliphatic rings. The second kappa shape index (κ2) is 3.93. The Bertz CT molecular complexity index is 412. The SMILES string of the molecule is Cl.Nc1cccc(-c2nn[nH]n2)c1N. The van der Waals surface area contributed by atoms with Crippen molar-refractivity contribution in [2.24, 2.45) is 0 Å². The summed E-state index contributed by atoms with van der Waals surface area (Å²) in [4.78, 5) is 0. The smallest absolute Gasteiger partial charge is 0.206 e. The molecule has 1 aromatic carbocycles. The number of anilines is 2. The number of aromatic nitrogens is 4. The van der Waals surface area contributed by atoms with Crippen molar-refractivity contribution in [1.82, 2.24) is 20.6 Å². The summed E-state index contributed by atoms with van der Waals surface area (Å²) in [5.41, 5.74) is 13.0. The van der Waals surface area contributed by atoms with E-state index in [1.807, 2.05) is 0 Å². The van der Waals surface area contributed by atoms with E-state index in [9.17, 15) is 0 Å². The molecule has 0 saturated heterocycles. The van der Waals surface area contributed by atoms with Crippen molar-refractivity contribution in [1.29, 1.82) is 0 Å². The number of halogens is 1. The monoisotopic (exact) mass is 212 g/mol. The quantitative estimate of drug-likeness (QED) is 0.595. The molecule has 1 aromatic heterocycles. The fraction of sp³-hybridized carbons (Fsp3) is 0. The molecule has 0 unspecified atom stereocenters. The minimum atomic E-state index is 0. The van der Waals surface area contributed by atoms with Gasteiger partial charge in [-0.15, -0.1) is 22.6 Å². The average Bonchev–Trinajstić information content (AvgIpc) is 2.62. The summed E-state index contributed by atoms with van der Waals surface area (Å²) in [5.74, 6) is 0.449. The van der Waals surface area contributed by atoms with Gasteiger partial charge in [-0.05, 0) is 17.3 Å². The van der Waals surface area contributed by atoms with Crippen LogP contribution in [0, 0.1) is 0 Å². The zero-order valence-electron chi connectivity index (χ0n) is 7.14. The molecule has 2 rings (SSSR count). The number of aromatic amines is 1. The second-order valence-corrected chi connectivity index (χ2v) is 2.54. The van der Waals surface area contributed by atoms with E-state index in [4.69, 9.17) is 11.5 Å². The first-order valence-corrected chi connectivity index (χ1v) is 3.67. The highest BCUT2D eigenvalue weighted by Gasteiger charge is 2.07. The molecule has 0 aliphatic heterocycles. The van der Waals surface area contributed by atoms with Gasteiger partial charge >= 0.3 is 0 Å². The third kappa shape index (κ3) is 1.60. The molecular weight excluding hydrogens is 204 g/mol. The standard InChI is InChI=1S/C7H8N6.ClH/c8-5-3-1-2-4(6(5)9)7-10-12-13-11-7;/h1-3H,8-9H2,(H,10,11,12,13);1H. The predicted molar refractivity (Wildman–Crippen MR) is 55.7 cm³/mol. The molecule has 0 saturated carbocycles. The number of nitrogens with two attached hydrogens (primary N) is 2. The van der Waals surface area contributed by atoms with Gasteiger partial charge in [0.05, 0.1) is 11.4 Å². The molecule has 14 heavy (non-hydrogen) atoms. The van der Waals surface area contributed by atoms with Gasteiger partial charge < -0.3 is 11.5 Å². The van der Waals surface area contributed by atoms with Gasteiger partial charge in [-0.3, -0.25) is 0 Å². The Hall–Kier alpha value is -1.82. The molecule has 0 fully saturated rings. The first-order valence-electron chi connectivity index (χ1n) is 3.67. The molecule has 7 heteroatoms. The van der Waals surface area contributed by atoms with Gasteiger partial charge in [0.2, 0.25) is 5.82 Å². The first kappa shape index (κ1) is 10.3. The zero-order chi connectivity index (χ0) is 9.26. The number of rotatable bonds is 1. The summed E-state index contributed by atoms with van der Waals surface area (Å²) in [6, 6.07) is 5.30. The third-order valence-corrected chi connectivity index (χ3v) is 1.73. The van der Waals surface area contributed by atoms with Gasteiger partial charge in [0.1, 0.15) is 0 Å². The first-order chi connectivity index (χ1) is 6.29. The van der Waals surface area contributed by atoms with Crippen LogP contribution in [0.4, 0.5) is 11.4 Å². The molecule has 1 heterocycles. The maximum absolute atomic E-state index is 5.73. The Balaban J connectivity index is 0.000000980. The van der Waals surface area contributed by atoms with Crippen molar-refractivity contribution in [3.8, 4) is 11.4 Å². The van der Waals surface area contributed by atoms with Crippen molar-refractivity contribution in [3.05, 3.63) is 18.2 Å². The minimum absolute atomic E-state index is 0. The van der Waals surface area contributed by atoms with E-state index in [0.717, 1.165) is 0 Å². The fourth-order valence-electron chi connectivity index (χ4n) is 1.05. The van der Waals surface area contributed by atoms with Gasteiger partial charge in [0, 0.05) is 5.56 Å².